The second-order valence-corrected chi connectivity index (χ2v) is 8.21. The fraction of sp³-hybridized carbons (Fsp3) is 0.478. The number of methoxy groups -OCH3 is 1. The van der Waals surface area contributed by atoms with E-state index in [1.54, 1.807) is 12.3 Å². The van der Waals surface area contributed by atoms with Crippen molar-refractivity contribution in [3.8, 4) is 5.75 Å². The number of hydrogen-bond acceptors (Lipinski definition) is 7. The first-order chi connectivity index (χ1) is 14.9. The number of aromatic nitrogens is 2. The zero-order valence-corrected chi connectivity index (χ0v) is 18.1. The average molecular weight is 425 g/mol. The summed E-state index contributed by atoms with van der Waals surface area (Å²) < 4.78 is 5.35. The maximum absolute atomic E-state index is 13.1. The van der Waals surface area contributed by atoms with Gasteiger partial charge in [0.25, 0.3) is 0 Å². The molecule has 1 aliphatic heterocycles. The fourth-order valence-electron chi connectivity index (χ4n) is 4.74. The summed E-state index contributed by atoms with van der Waals surface area (Å²) in [6.45, 7) is 3.98. The Morgan fingerprint density at radius 3 is 2.71 bits per heavy atom. The van der Waals surface area contributed by atoms with Crippen LogP contribution in [0.25, 0.3) is 0 Å². The first-order valence-electron chi connectivity index (χ1n) is 10.8. The van der Waals surface area contributed by atoms with Crippen molar-refractivity contribution in [1.82, 2.24) is 9.97 Å². The van der Waals surface area contributed by atoms with Gasteiger partial charge in [0, 0.05) is 23.7 Å². The number of hydrogen-bond donors (Lipinski definition) is 2. The number of anilines is 3. The molecule has 8 heteroatoms. The summed E-state index contributed by atoms with van der Waals surface area (Å²) in [5.41, 5.74) is 1.58. The van der Waals surface area contributed by atoms with Crippen LogP contribution in [0.2, 0.25) is 0 Å². The Kier molecular flexibility index (Phi) is 5.80. The molecule has 0 saturated heterocycles. The van der Waals surface area contributed by atoms with E-state index in [-0.39, 0.29) is 23.3 Å². The molecule has 0 radical (unpaired) electrons. The monoisotopic (exact) mass is 424 g/mol. The minimum atomic E-state index is -1.02. The molecule has 1 unspecified atom stereocenters. The van der Waals surface area contributed by atoms with Crippen molar-refractivity contribution < 1.29 is 19.4 Å². The lowest BCUT2D eigenvalue weighted by Gasteiger charge is -2.42. The number of aromatic carboxylic acids is 1. The number of carboxylic acids is 1. The van der Waals surface area contributed by atoms with Gasteiger partial charge in [-0.3, -0.25) is 4.79 Å². The standard InChI is InChI=1S/C23H28N4O4/c1-4-18-20(28)13(2)16-12-24-23(26-21(16)27(18)15-7-5-6-8-15)25-17-10-9-14(22(29)30)11-19(17)31-3/h9-13,15,18H,4-8H2,1-3H3,(H,29,30)(H,24,25,26)/t13?,18-/m1/s1. The predicted molar refractivity (Wildman–Crippen MR) is 118 cm³/mol. The molecule has 8 nitrogen and oxygen atoms in total. The number of Topliss-reactive ketones (excluding diaryl/α,β-unsaturated/α-hetero) is 1. The summed E-state index contributed by atoms with van der Waals surface area (Å²) >= 11 is 0. The molecule has 1 saturated carbocycles. The highest BCUT2D eigenvalue weighted by Crippen LogP contribution is 2.41. The van der Waals surface area contributed by atoms with E-state index < -0.39 is 5.97 Å². The number of rotatable bonds is 6. The maximum atomic E-state index is 13.1. The maximum Gasteiger partial charge on any atom is 0.335 e. The van der Waals surface area contributed by atoms with Gasteiger partial charge in [-0.25, -0.2) is 9.78 Å². The summed E-state index contributed by atoms with van der Waals surface area (Å²) in [7, 11) is 1.49. The average Bonchev–Trinajstić information content (AvgIpc) is 3.30. The van der Waals surface area contributed by atoms with Crippen LogP contribution in [-0.2, 0) is 4.79 Å². The van der Waals surface area contributed by atoms with Crippen LogP contribution >= 0.6 is 0 Å². The van der Waals surface area contributed by atoms with Crippen molar-refractivity contribution in [2.45, 2.75) is 64.0 Å². The molecular formula is C23H28N4O4. The van der Waals surface area contributed by atoms with Gasteiger partial charge in [-0.15, -0.1) is 0 Å². The van der Waals surface area contributed by atoms with Crippen LogP contribution in [0.3, 0.4) is 0 Å². The number of fused-ring (bicyclic) bond motifs is 1. The molecule has 164 valence electrons. The van der Waals surface area contributed by atoms with Gasteiger partial charge in [0.2, 0.25) is 5.95 Å². The topological polar surface area (TPSA) is 105 Å². The van der Waals surface area contributed by atoms with Crippen molar-refractivity contribution in [2.75, 3.05) is 17.3 Å². The van der Waals surface area contributed by atoms with Gasteiger partial charge < -0.3 is 20.1 Å². The largest absolute Gasteiger partial charge is 0.495 e. The number of ether oxygens (including phenoxy) is 1. The third-order valence-electron chi connectivity index (χ3n) is 6.40. The van der Waals surface area contributed by atoms with Gasteiger partial charge in [-0.2, -0.15) is 4.98 Å². The molecule has 31 heavy (non-hydrogen) atoms. The molecule has 1 aromatic carbocycles. The Hall–Kier alpha value is -3.16. The second kappa shape index (κ2) is 8.53. The zero-order chi connectivity index (χ0) is 22.1. The molecule has 2 atom stereocenters. The third kappa shape index (κ3) is 3.82. The summed E-state index contributed by atoms with van der Waals surface area (Å²) in [5.74, 6) is 0.576. The molecule has 0 amide bonds. The SMILES string of the molecule is CC[C@@H]1C(=O)C(C)c2cnc(Nc3ccc(C(=O)O)cc3OC)nc2N1C1CCCC1. The molecule has 0 bridgehead atoms. The summed E-state index contributed by atoms with van der Waals surface area (Å²) in [4.78, 5) is 35.8. The molecule has 2 N–H and O–H groups in total. The van der Waals surface area contributed by atoms with Crippen LogP contribution in [0.5, 0.6) is 5.75 Å². The van der Waals surface area contributed by atoms with Crippen molar-refractivity contribution in [1.29, 1.82) is 0 Å². The Labute approximate surface area is 181 Å². The van der Waals surface area contributed by atoms with Gasteiger partial charge in [0.15, 0.2) is 5.78 Å². The smallest absolute Gasteiger partial charge is 0.335 e. The molecule has 1 fully saturated rings. The van der Waals surface area contributed by atoms with Gasteiger partial charge in [-0.1, -0.05) is 26.7 Å². The van der Waals surface area contributed by atoms with Crippen molar-refractivity contribution in [3.05, 3.63) is 35.5 Å². The van der Waals surface area contributed by atoms with Crippen LogP contribution < -0.4 is 15.0 Å². The second-order valence-electron chi connectivity index (χ2n) is 8.21. The molecule has 2 aromatic rings. The van der Waals surface area contributed by atoms with Crippen LogP contribution in [-0.4, -0.2) is 46.0 Å². The number of carbonyl (C=O) groups excluding carboxylic acids is 1. The molecule has 1 aromatic heterocycles. The first kappa shape index (κ1) is 21.1. The lowest BCUT2D eigenvalue weighted by Crippen LogP contribution is -2.51. The first-order valence-corrected chi connectivity index (χ1v) is 10.8. The molecular weight excluding hydrogens is 396 g/mol. The Balaban J connectivity index is 1.72. The van der Waals surface area contributed by atoms with Crippen molar-refractivity contribution in [3.63, 3.8) is 0 Å². The Bertz CT molecular complexity index is 1000. The molecule has 0 spiro atoms. The van der Waals surface area contributed by atoms with Crippen LogP contribution in [0.15, 0.2) is 24.4 Å². The van der Waals surface area contributed by atoms with Crippen LogP contribution in [0.1, 0.15) is 67.8 Å². The van der Waals surface area contributed by atoms with Gasteiger partial charge in [0.1, 0.15) is 11.6 Å². The minimum Gasteiger partial charge on any atom is -0.495 e. The highest BCUT2D eigenvalue weighted by atomic mass is 16.5. The zero-order valence-electron chi connectivity index (χ0n) is 18.1. The number of ketones is 1. The molecule has 1 aliphatic carbocycles. The van der Waals surface area contributed by atoms with E-state index in [0.29, 0.717) is 23.4 Å². The third-order valence-corrected chi connectivity index (χ3v) is 6.40. The number of carbonyl (C=O) groups is 2. The Morgan fingerprint density at radius 1 is 1.32 bits per heavy atom. The lowest BCUT2D eigenvalue weighted by atomic mass is 9.86. The van der Waals surface area contributed by atoms with Crippen molar-refractivity contribution in [2.24, 2.45) is 0 Å². The van der Waals surface area contributed by atoms with Gasteiger partial charge in [0.05, 0.1) is 24.4 Å². The van der Waals surface area contributed by atoms with E-state index >= 15 is 0 Å². The van der Waals surface area contributed by atoms with E-state index in [9.17, 15) is 14.7 Å². The Morgan fingerprint density at radius 2 is 2.06 bits per heavy atom. The van der Waals surface area contributed by atoms with E-state index in [4.69, 9.17) is 9.72 Å². The van der Waals surface area contributed by atoms with E-state index in [1.807, 2.05) is 6.92 Å². The number of nitrogens with zero attached hydrogens (tertiary/aromatic N) is 3. The fourth-order valence-corrected chi connectivity index (χ4v) is 4.74. The van der Waals surface area contributed by atoms with Crippen LogP contribution in [0.4, 0.5) is 17.5 Å². The highest BCUT2D eigenvalue weighted by Gasteiger charge is 2.41. The molecule has 2 aliphatic rings. The number of benzene rings is 1. The number of nitrogens with one attached hydrogen (secondary N) is 1. The van der Waals surface area contributed by atoms with Gasteiger partial charge >= 0.3 is 5.97 Å². The predicted octanol–water partition coefficient (Wildman–Crippen LogP) is 4.14. The molecule has 2 heterocycles. The van der Waals surface area contributed by atoms with E-state index in [0.717, 1.165) is 30.6 Å². The highest BCUT2D eigenvalue weighted by molar-refractivity contribution is 5.96. The van der Waals surface area contributed by atoms with Crippen molar-refractivity contribution >= 4 is 29.2 Å². The number of carboxylic acid groups (broad SMARTS) is 1. The lowest BCUT2D eigenvalue weighted by molar-refractivity contribution is -0.122. The minimum absolute atomic E-state index is 0.138. The van der Waals surface area contributed by atoms with E-state index in [2.05, 4.69) is 22.1 Å². The normalized spacial score (nSPS) is 21.1. The summed E-state index contributed by atoms with van der Waals surface area (Å²) in [5, 5.41) is 12.4. The quantitative estimate of drug-likeness (QED) is 0.713. The molecule has 4 rings (SSSR count). The summed E-state index contributed by atoms with van der Waals surface area (Å²) in [6, 6.07) is 4.75. The summed E-state index contributed by atoms with van der Waals surface area (Å²) in [6.07, 6.45) is 6.94. The van der Waals surface area contributed by atoms with Gasteiger partial charge in [-0.05, 0) is 37.5 Å². The van der Waals surface area contributed by atoms with Crippen LogP contribution in [0, 0.1) is 0 Å². The van der Waals surface area contributed by atoms with E-state index in [1.165, 1.54) is 32.1 Å².